The Morgan fingerprint density at radius 3 is 2.59 bits per heavy atom. The van der Waals surface area contributed by atoms with E-state index in [2.05, 4.69) is 6.92 Å². The minimum absolute atomic E-state index is 0.405. The molecule has 0 bridgehead atoms. The van der Waals surface area contributed by atoms with Crippen LogP contribution in [0.25, 0.3) is 0 Å². The number of hydrogen-bond acceptors (Lipinski definition) is 2. The summed E-state index contributed by atoms with van der Waals surface area (Å²) in [7, 11) is 0. The van der Waals surface area contributed by atoms with E-state index in [4.69, 9.17) is 10.8 Å². The van der Waals surface area contributed by atoms with Crippen molar-refractivity contribution >= 4 is 5.97 Å². The summed E-state index contributed by atoms with van der Waals surface area (Å²) in [5.41, 5.74) is 4.69. The summed E-state index contributed by atoms with van der Waals surface area (Å²) in [6.45, 7) is 3.73. The smallest absolute Gasteiger partial charge is 0.323 e. The lowest BCUT2D eigenvalue weighted by Crippen LogP contribution is -2.46. The average Bonchev–Trinajstić information content (AvgIpc) is 2.69. The summed E-state index contributed by atoms with van der Waals surface area (Å²) in [5.74, 6) is 0.452. The zero-order valence-corrected chi connectivity index (χ0v) is 11.2. The average molecular weight is 241 g/mol. The molecule has 0 aromatic carbocycles. The van der Waals surface area contributed by atoms with Gasteiger partial charge in [0.2, 0.25) is 0 Å². The number of carboxylic acid groups (broad SMARTS) is 1. The van der Waals surface area contributed by atoms with Crippen molar-refractivity contribution in [1.29, 1.82) is 0 Å². The van der Waals surface area contributed by atoms with Crippen LogP contribution in [0.1, 0.15) is 65.2 Å². The molecule has 3 nitrogen and oxygen atoms in total. The second-order valence-corrected chi connectivity index (χ2v) is 6.11. The highest BCUT2D eigenvalue weighted by Crippen LogP contribution is 2.30. The van der Waals surface area contributed by atoms with Gasteiger partial charge in [-0.3, -0.25) is 4.79 Å². The molecule has 0 heterocycles. The van der Waals surface area contributed by atoms with Crippen molar-refractivity contribution in [3.8, 4) is 0 Å². The zero-order valence-electron chi connectivity index (χ0n) is 11.2. The highest BCUT2D eigenvalue weighted by atomic mass is 16.4. The first kappa shape index (κ1) is 14.5. The quantitative estimate of drug-likeness (QED) is 0.719. The molecule has 0 amide bonds. The summed E-state index contributed by atoms with van der Waals surface area (Å²) in [4.78, 5) is 10.9. The first-order valence-corrected chi connectivity index (χ1v) is 6.94. The number of carbonyl (C=O) groups is 1. The normalized spacial score (nSPS) is 22.3. The van der Waals surface area contributed by atoms with E-state index in [9.17, 15) is 4.79 Å². The molecule has 1 rings (SSSR count). The fourth-order valence-electron chi connectivity index (χ4n) is 2.97. The molecular formula is C14H27NO2. The van der Waals surface area contributed by atoms with E-state index in [1.54, 1.807) is 6.92 Å². The lowest BCUT2D eigenvalue weighted by molar-refractivity contribution is -0.143. The van der Waals surface area contributed by atoms with Gasteiger partial charge in [-0.25, -0.2) is 0 Å². The number of hydrogen-bond donors (Lipinski definition) is 2. The molecule has 1 fully saturated rings. The van der Waals surface area contributed by atoms with E-state index in [-0.39, 0.29) is 0 Å². The van der Waals surface area contributed by atoms with Crippen molar-refractivity contribution < 1.29 is 9.90 Å². The lowest BCUT2D eigenvalue weighted by atomic mass is 9.87. The molecule has 100 valence electrons. The van der Waals surface area contributed by atoms with Gasteiger partial charge in [0, 0.05) is 0 Å². The van der Waals surface area contributed by atoms with Gasteiger partial charge in [0.25, 0.3) is 0 Å². The van der Waals surface area contributed by atoms with Gasteiger partial charge >= 0.3 is 5.97 Å². The van der Waals surface area contributed by atoms with Crippen LogP contribution in [0.5, 0.6) is 0 Å². The number of aliphatic carboxylic acids is 1. The molecule has 2 atom stereocenters. The van der Waals surface area contributed by atoms with Gasteiger partial charge in [-0.15, -0.1) is 0 Å². The molecule has 0 spiro atoms. The standard InChI is InChI=1S/C14H27NO2/c1-11(10-14(2,15)13(16)17)6-5-9-12-7-3-4-8-12/h11-12H,3-10,15H2,1-2H3,(H,16,17)/t11-,14-/m1/s1. The molecule has 1 aliphatic carbocycles. The molecule has 0 aromatic heterocycles. The Morgan fingerprint density at radius 2 is 2.06 bits per heavy atom. The summed E-state index contributed by atoms with van der Waals surface area (Å²) in [6.07, 6.45) is 9.83. The van der Waals surface area contributed by atoms with E-state index < -0.39 is 11.5 Å². The Morgan fingerprint density at radius 1 is 1.47 bits per heavy atom. The van der Waals surface area contributed by atoms with Gasteiger partial charge < -0.3 is 10.8 Å². The molecule has 0 unspecified atom stereocenters. The largest absolute Gasteiger partial charge is 0.480 e. The van der Waals surface area contributed by atoms with Gasteiger partial charge in [0.1, 0.15) is 5.54 Å². The van der Waals surface area contributed by atoms with Gasteiger partial charge in [0.05, 0.1) is 0 Å². The van der Waals surface area contributed by atoms with Crippen LogP contribution >= 0.6 is 0 Å². The highest BCUT2D eigenvalue weighted by Gasteiger charge is 2.29. The molecule has 0 radical (unpaired) electrons. The number of rotatable bonds is 7. The molecule has 1 saturated carbocycles. The molecule has 0 aliphatic heterocycles. The van der Waals surface area contributed by atoms with Crippen molar-refractivity contribution in [2.45, 2.75) is 70.8 Å². The third-order valence-electron chi connectivity index (χ3n) is 4.05. The summed E-state index contributed by atoms with van der Waals surface area (Å²) >= 11 is 0. The molecule has 17 heavy (non-hydrogen) atoms. The Bertz CT molecular complexity index is 245. The maximum Gasteiger partial charge on any atom is 0.323 e. The van der Waals surface area contributed by atoms with Crippen molar-refractivity contribution in [2.24, 2.45) is 17.6 Å². The number of nitrogens with two attached hydrogens (primary N) is 1. The molecule has 0 saturated heterocycles. The summed E-state index contributed by atoms with van der Waals surface area (Å²) in [6, 6.07) is 0. The first-order chi connectivity index (χ1) is 7.92. The van der Waals surface area contributed by atoms with E-state index >= 15 is 0 Å². The topological polar surface area (TPSA) is 63.3 Å². The third kappa shape index (κ3) is 5.07. The van der Waals surface area contributed by atoms with Crippen LogP contribution in [0.3, 0.4) is 0 Å². The minimum Gasteiger partial charge on any atom is -0.480 e. The van der Waals surface area contributed by atoms with Crippen LogP contribution in [0.15, 0.2) is 0 Å². The second-order valence-electron chi connectivity index (χ2n) is 6.11. The van der Waals surface area contributed by atoms with Crippen LogP contribution in [0.4, 0.5) is 0 Å². The molecule has 1 aliphatic rings. The van der Waals surface area contributed by atoms with Gasteiger partial charge in [-0.05, 0) is 25.2 Å². The maximum absolute atomic E-state index is 10.9. The van der Waals surface area contributed by atoms with Crippen molar-refractivity contribution in [3.63, 3.8) is 0 Å². The molecule has 3 heteroatoms. The first-order valence-electron chi connectivity index (χ1n) is 6.94. The van der Waals surface area contributed by atoms with E-state index in [0.29, 0.717) is 12.3 Å². The van der Waals surface area contributed by atoms with Crippen molar-refractivity contribution in [1.82, 2.24) is 0 Å². The maximum atomic E-state index is 10.9. The van der Waals surface area contributed by atoms with Crippen LogP contribution < -0.4 is 5.73 Å². The highest BCUT2D eigenvalue weighted by molar-refractivity contribution is 5.77. The fraction of sp³-hybridized carbons (Fsp3) is 0.929. The summed E-state index contributed by atoms with van der Waals surface area (Å²) < 4.78 is 0. The Kier molecular flexibility index (Phi) is 5.44. The predicted octanol–water partition coefficient (Wildman–Crippen LogP) is 3.18. The van der Waals surface area contributed by atoms with Crippen LogP contribution in [0, 0.1) is 11.8 Å². The van der Waals surface area contributed by atoms with Gasteiger partial charge in [0.15, 0.2) is 0 Å². The van der Waals surface area contributed by atoms with Crippen molar-refractivity contribution in [3.05, 3.63) is 0 Å². The molecule has 0 aromatic rings. The van der Waals surface area contributed by atoms with Crippen LogP contribution in [0.2, 0.25) is 0 Å². The second kappa shape index (κ2) is 6.39. The van der Waals surface area contributed by atoms with Gasteiger partial charge in [-0.1, -0.05) is 51.9 Å². The Labute approximate surface area is 105 Å². The monoisotopic (exact) mass is 241 g/mol. The molecular weight excluding hydrogens is 214 g/mol. The summed E-state index contributed by atoms with van der Waals surface area (Å²) in [5, 5.41) is 8.96. The minimum atomic E-state index is -1.06. The van der Waals surface area contributed by atoms with E-state index in [1.807, 2.05) is 0 Å². The number of carboxylic acids is 1. The van der Waals surface area contributed by atoms with Crippen LogP contribution in [-0.4, -0.2) is 16.6 Å². The van der Waals surface area contributed by atoms with Crippen LogP contribution in [-0.2, 0) is 4.79 Å². The lowest BCUT2D eigenvalue weighted by Gasteiger charge is -2.23. The predicted molar refractivity (Wildman–Crippen MR) is 69.8 cm³/mol. The van der Waals surface area contributed by atoms with Gasteiger partial charge in [-0.2, -0.15) is 0 Å². The van der Waals surface area contributed by atoms with Crippen molar-refractivity contribution in [2.75, 3.05) is 0 Å². The fourth-order valence-corrected chi connectivity index (χ4v) is 2.97. The Balaban J connectivity index is 2.16. The van der Waals surface area contributed by atoms with E-state index in [1.165, 1.54) is 38.5 Å². The Hall–Kier alpha value is -0.570. The van der Waals surface area contributed by atoms with E-state index in [0.717, 1.165) is 12.3 Å². The zero-order chi connectivity index (χ0) is 12.9. The SMILES string of the molecule is C[C@H](CCCC1CCCC1)C[C@@](C)(N)C(=O)O. The molecule has 3 N–H and O–H groups in total. The third-order valence-corrected chi connectivity index (χ3v) is 4.05.